The van der Waals surface area contributed by atoms with Gasteiger partial charge in [0.2, 0.25) is 0 Å². The average Bonchev–Trinajstić information content (AvgIpc) is 3.72. The van der Waals surface area contributed by atoms with Crippen LogP contribution < -0.4 is 5.73 Å². The predicted octanol–water partition coefficient (Wildman–Crippen LogP) is 12.6. The first-order valence-electron chi connectivity index (χ1n) is 18.1. The van der Waals surface area contributed by atoms with Gasteiger partial charge in [-0.1, -0.05) is 94.5 Å². The van der Waals surface area contributed by atoms with E-state index in [4.69, 9.17) is 10.5 Å². The van der Waals surface area contributed by atoms with Crippen molar-refractivity contribution < 1.29 is 4.74 Å². The molecule has 2 atom stereocenters. The van der Waals surface area contributed by atoms with Gasteiger partial charge >= 0.3 is 0 Å². The van der Waals surface area contributed by atoms with Crippen molar-refractivity contribution in [3.63, 3.8) is 0 Å². The van der Waals surface area contributed by atoms with Gasteiger partial charge in [0.15, 0.2) is 0 Å². The Bertz CT molecular complexity index is 1630. The van der Waals surface area contributed by atoms with Crippen LogP contribution in [0.5, 0.6) is 0 Å². The van der Waals surface area contributed by atoms with Crippen LogP contribution in [0.1, 0.15) is 120 Å². The average molecular weight is 729 g/mol. The van der Waals surface area contributed by atoms with Gasteiger partial charge in [0, 0.05) is 63.8 Å². The number of hydrogen-bond donors (Lipinski definition) is 1. The monoisotopic (exact) mass is 728 g/mol. The molecule has 1 aliphatic rings. The summed E-state index contributed by atoms with van der Waals surface area (Å²) >= 11 is 3.59. The Morgan fingerprint density at radius 3 is 2.39 bits per heavy atom. The number of aromatic nitrogens is 1. The van der Waals surface area contributed by atoms with Gasteiger partial charge in [-0.25, -0.2) is 0 Å². The van der Waals surface area contributed by atoms with Gasteiger partial charge in [0.05, 0.1) is 22.8 Å². The Hall–Kier alpha value is -3.44. The SMILES string of the molecule is C.CC=N/C(C)=C(C(/C#CC(=C/C)/C=N/C=C(\C)CC)=C\CCC)\C(N)=C(/C)CC.Cc1nsc(-c2ccccc2)c1CSCC1CCC(C)O1. The molecule has 3 rings (SSSR count). The van der Waals surface area contributed by atoms with Gasteiger partial charge in [0.1, 0.15) is 0 Å². The molecule has 0 amide bonds. The highest BCUT2D eigenvalue weighted by atomic mass is 32.2. The number of rotatable bonds is 14. The van der Waals surface area contributed by atoms with E-state index >= 15 is 0 Å². The third kappa shape index (κ3) is 15.8. The number of nitrogens with zero attached hydrogens (tertiary/aromatic N) is 3. The van der Waals surface area contributed by atoms with E-state index in [2.05, 4.69) is 111 Å². The highest BCUT2D eigenvalue weighted by Crippen LogP contribution is 2.34. The molecule has 7 heteroatoms. The second-order valence-electron chi connectivity index (χ2n) is 12.5. The lowest BCUT2D eigenvalue weighted by Crippen LogP contribution is -2.11. The summed E-state index contributed by atoms with van der Waals surface area (Å²) in [5.74, 6) is 8.72. The Kier molecular flexibility index (Phi) is 22.8. The van der Waals surface area contributed by atoms with E-state index in [1.807, 2.05) is 44.8 Å². The zero-order valence-electron chi connectivity index (χ0n) is 32.2. The minimum Gasteiger partial charge on any atom is -0.398 e. The van der Waals surface area contributed by atoms with Crippen LogP contribution in [0.3, 0.4) is 0 Å². The molecule has 1 aliphatic heterocycles. The number of benzene rings is 1. The lowest BCUT2D eigenvalue weighted by molar-refractivity contribution is 0.0700. The predicted molar refractivity (Wildman–Crippen MR) is 230 cm³/mol. The second-order valence-corrected chi connectivity index (χ2v) is 14.3. The van der Waals surface area contributed by atoms with Crippen LogP contribution in [-0.4, -0.2) is 34.8 Å². The Morgan fingerprint density at radius 2 is 1.80 bits per heavy atom. The first-order valence-corrected chi connectivity index (χ1v) is 20.0. The zero-order chi connectivity index (χ0) is 36.9. The molecule has 278 valence electrons. The third-order valence-electron chi connectivity index (χ3n) is 8.46. The van der Waals surface area contributed by atoms with E-state index in [-0.39, 0.29) is 7.43 Å². The van der Waals surface area contributed by atoms with E-state index in [0.717, 1.165) is 70.9 Å². The molecule has 0 bridgehead atoms. The zero-order valence-corrected chi connectivity index (χ0v) is 33.9. The van der Waals surface area contributed by atoms with Gasteiger partial charge in [0.25, 0.3) is 0 Å². The molecule has 2 unspecified atom stereocenters. The summed E-state index contributed by atoms with van der Waals surface area (Å²) in [5, 5.41) is 0. The topological polar surface area (TPSA) is 72.9 Å². The summed E-state index contributed by atoms with van der Waals surface area (Å²) in [6.45, 7) is 20.7. The molecule has 1 aromatic carbocycles. The van der Waals surface area contributed by atoms with Crippen molar-refractivity contribution in [2.75, 3.05) is 5.75 Å². The van der Waals surface area contributed by atoms with Crippen molar-refractivity contribution in [2.45, 2.75) is 133 Å². The molecule has 5 nitrogen and oxygen atoms in total. The largest absolute Gasteiger partial charge is 0.398 e. The number of hydrogen-bond acceptors (Lipinski definition) is 7. The van der Waals surface area contributed by atoms with E-state index < -0.39 is 0 Å². The number of nitrogens with two attached hydrogens (primary N) is 1. The lowest BCUT2D eigenvalue weighted by atomic mass is 9.96. The Balaban J connectivity index is 0.000000520. The fraction of sp³-hybridized carbons (Fsp3) is 0.477. The molecular formula is C44H64N4OS2. The van der Waals surface area contributed by atoms with Crippen LogP contribution in [0, 0.1) is 18.8 Å². The maximum Gasteiger partial charge on any atom is 0.0670 e. The molecule has 1 fully saturated rings. The maximum atomic E-state index is 6.53. The molecule has 0 aliphatic carbocycles. The molecule has 2 aromatic rings. The highest BCUT2D eigenvalue weighted by molar-refractivity contribution is 7.98. The summed E-state index contributed by atoms with van der Waals surface area (Å²) < 4.78 is 10.4. The fourth-order valence-electron chi connectivity index (χ4n) is 5.03. The number of unbranched alkanes of at least 4 members (excludes halogenated alkanes) is 1. The molecule has 0 spiro atoms. The van der Waals surface area contributed by atoms with Crippen molar-refractivity contribution in [2.24, 2.45) is 15.7 Å². The van der Waals surface area contributed by atoms with E-state index in [1.165, 1.54) is 40.1 Å². The molecule has 0 saturated carbocycles. The van der Waals surface area contributed by atoms with Crippen molar-refractivity contribution in [3.8, 4) is 22.3 Å². The van der Waals surface area contributed by atoms with Crippen LogP contribution in [0.15, 0.2) is 97.9 Å². The summed E-state index contributed by atoms with van der Waals surface area (Å²) in [4.78, 5) is 10.2. The Labute approximate surface area is 319 Å². The van der Waals surface area contributed by atoms with Crippen molar-refractivity contribution >= 4 is 35.7 Å². The smallest absolute Gasteiger partial charge is 0.0670 e. The van der Waals surface area contributed by atoms with Gasteiger partial charge in [-0.2, -0.15) is 16.1 Å². The van der Waals surface area contributed by atoms with E-state index in [9.17, 15) is 0 Å². The van der Waals surface area contributed by atoms with Gasteiger partial charge < -0.3 is 10.5 Å². The van der Waals surface area contributed by atoms with E-state index in [1.54, 1.807) is 24.0 Å². The molecule has 2 heterocycles. The minimum absolute atomic E-state index is 0. The van der Waals surface area contributed by atoms with Gasteiger partial charge in [-0.05, 0) is 103 Å². The van der Waals surface area contributed by atoms with Gasteiger partial charge in [-0.15, -0.1) is 0 Å². The number of aliphatic imine (C=N–C) groups is 2. The maximum absolute atomic E-state index is 6.53. The highest BCUT2D eigenvalue weighted by Gasteiger charge is 2.22. The number of allylic oxidation sites excluding steroid dienone is 7. The summed E-state index contributed by atoms with van der Waals surface area (Å²) in [6.07, 6.45) is 16.8. The quantitative estimate of drug-likeness (QED) is 0.119. The molecule has 51 heavy (non-hydrogen) atoms. The second kappa shape index (κ2) is 25.5. The normalized spacial score (nSPS) is 17.7. The summed E-state index contributed by atoms with van der Waals surface area (Å²) in [7, 11) is 0. The van der Waals surface area contributed by atoms with Crippen LogP contribution in [0.2, 0.25) is 0 Å². The van der Waals surface area contributed by atoms with Crippen molar-refractivity contribution in [1.82, 2.24) is 4.37 Å². The number of aryl methyl sites for hydroxylation is 1. The van der Waals surface area contributed by atoms with Crippen LogP contribution in [0.25, 0.3) is 10.4 Å². The molecule has 1 saturated heterocycles. The van der Waals surface area contributed by atoms with Gasteiger partial charge in [-0.3, -0.25) is 9.98 Å². The summed E-state index contributed by atoms with van der Waals surface area (Å²) in [6, 6.07) is 10.6. The lowest BCUT2D eigenvalue weighted by Gasteiger charge is -2.13. The van der Waals surface area contributed by atoms with Crippen LogP contribution in [-0.2, 0) is 10.5 Å². The Morgan fingerprint density at radius 1 is 1.08 bits per heavy atom. The first kappa shape index (κ1) is 45.6. The molecule has 1 aromatic heterocycles. The molecular weight excluding hydrogens is 665 g/mol. The van der Waals surface area contributed by atoms with E-state index in [0.29, 0.717) is 12.2 Å². The number of thioether (sulfide) groups is 1. The first-order chi connectivity index (χ1) is 24.1. The van der Waals surface area contributed by atoms with Crippen molar-refractivity contribution in [3.05, 3.63) is 99.2 Å². The number of ether oxygens (including phenoxy) is 1. The molecule has 2 N–H and O–H groups in total. The summed E-state index contributed by atoms with van der Waals surface area (Å²) in [5.41, 5.74) is 17.1. The minimum atomic E-state index is 0. The fourth-order valence-corrected chi connectivity index (χ4v) is 7.22. The standard InChI is InChI=1S/C26H39N3.C17H21NOS2.CH4/c1-9-14-15-24(17-16-23(12-4)19-28-18-20(6)10-2)25(22(8)29-13-5)26(27)21(7)11-3;1-12-8-9-15(19-12)10-20-11-16-13(2)18-21-17(16)14-6-4-3-5-7-14;/h12-13,15,18-19H,9-11,14,27H2,1-8H3;3-7,12,15H,8-11H2,1-2H3;1H4/b20-18+,23-12-,24-15-,25-22-,26-21-,28-19+,29-13?;;. The molecule has 0 radical (unpaired) electrons. The third-order valence-corrected chi connectivity index (χ3v) is 10.6. The van der Waals surface area contributed by atoms with Crippen LogP contribution in [0.4, 0.5) is 0 Å². The van der Waals surface area contributed by atoms with Crippen molar-refractivity contribution in [1.29, 1.82) is 0 Å². The van der Waals surface area contributed by atoms with Crippen LogP contribution >= 0.6 is 23.3 Å².